The molecule has 0 saturated carbocycles. The number of ether oxygens (including phenoxy) is 1. The highest BCUT2D eigenvalue weighted by atomic mass is 16.5. The number of carbonyl (C=O) groups is 1. The lowest BCUT2D eigenvalue weighted by molar-refractivity contribution is -0.122. The first-order chi connectivity index (χ1) is 16.0. The van der Waals surface area contributed by atoms with Gasteiger partial charge in [-0.1, -0.05) is 24.3 Å². The Morgan fingerprint density at radius 2 is 1.88 bits per heavy atom. The minimum absolute atomic E-state index is 0.00316. The summed E-state index contributed by atoms with van der Waals surface area (Å²) >= 11 is 0. The number of piperidine rings is 1. The fraction of sp³-hybridized carbons (Fsp3) is 0.560. The van der Waals surface area contributed by atoms with Gasteiger partial charge in [-0.3, -0.25) is 19.5 Å². The first-order valence-corrected chi connectivity index (χ1v) is 12.0. The summed E-state index contributed by atoms with van der Waals surface area (Å²) in [6.07, 6.45) is 2.60. The highest BCUT2D eigenvalue weighted by Gasteiger charge is 2.22. The molecule has 0 radical (unpaired) electrons. The summed E-state index contributed by atoms with van der Waals surface area (Å²) in [5.41, 5.74) is 3.83. The van der Waals surface area contributed by atoms with Crippen LogP contribution in [0.25, 0.3) is 0 Å². The van der Waals surface area contributed by atoms with Gasteiger partial charge in [0.15, 0.2) is 0 Å². The van der Waals surface area contributed by atoms with Crippen LogP contribution in [0.5, 0.6) is 0 Å². The lowest BCUT2D eigenvalue weighted by Crippen LogP contribution is -2.44. The molecule has 1 aromatic carbocycles. The molecule has 2 fully saturated rings. The number of nitrogens with zero attached hydrogens (tertiary/aromatic N) is 3. The number of hydrogen-bond acceptors (Lipinski definition) is 6. The SMILES string of the molecule is Cc1ccccc1CN1CCC(NC(=O)CCc2c(C)nc(N3CCOCC3)[nH]c2=O)CC1. The van der Waals surface area contributed by atoms with Gasteiger partial charge < -0.3 is 15.0 Å². The zero-order chi connectivity index (χ0) is 23.2. The first kappa shape index (κ1) is 23.4. The summed E-state index contributed by atoms with van der Waals surface area (Å²) in [6.45, 7) is 9.61. The van der Waals surface area contributed by atoms with Crippen molar-refractivity contribution in [2.45, 2.75) is 52.1 Å². The van der Waals surface area contributed by atoms with Gasteiger partial charge in [-0.25, -0.2) is 4.98 Å². The second-order valence-electron chi connectivity index (χ2n) is 9.10. The van der Waals surface area contributed by atoms with E-state index < -0.39 is 0 Å². The molecule has 2 aliphatic rings. The molecule has 2 aliphatic heterocycles. The predicted molar refractivity (Wildman–Crippen MR) is 129 cm³/mol. The van der Waals surface area contributed by atoms with Crippen molar-refractivity contribution >= 4 is 11.9 Å². The van der Waals surface area contributed by atoms with Crippen molar-refractivity contribution in [1.82, 2.24) is 20.2 Å². The molecule has 8 heteroatoms. The molecule has 2 aromatic rings. The number of carbonyl (C=O) groups excluding carboxylic acids is 1. The molecule has 0 spiro atoms. The van der Waals surface area contributed by atoms with Crippen LogP contribution < -0.4 is 15.8 Å². The summed E-state index contributed by atoms with van der Waals surface area (Å²) in [4.78, 5) is 37.1. The van der Waals surface area contributed by atoms with Crippen molar-refractivity contribution in [1.29, 1.82) is 0 Å². The second kappa shape index (κ2) is 10.9. The maximum Gasteiger partial charge on any atom is 0.255 e. The number of rotatable bonds is 7. The topological polar surface area (TPSA) is 90.6 Å². The third kappa shape index (κ3) is 6.21. The van der Waals surface area contributed by atoms with Crippen LogP contribution in [-0.4, -0.2) is 66.2 Å². The fourth-order valence-corrected chi connectivity index (χ4v) is 4.62. The van der Waals surface area contributed by atoms with Crippen molar-refractivity contribution in [3.63, 3.8) is 0 Å². The van der Waals surface area contributed by atoms with Gasteiger partial charge in [-0.05, 0) is 44.2 Å². The molecule has 0 aliphatic carbocycles. The van der Waals surface area contributed by atoms with Crippen LogP contribution in [0.3, 0.4) is 0 Å². The number of anilines is 1. The molecule has 3 heterocycles. The average Bonchev–Trinajstić information content (AvgIpc) is 2.82. The van der Waals surface area contributed by atoms with Crippen LogP contribution in [0.4, 0.5) is 5.95 Å². The molecule has 0 bridgehead atoms. The zero-order valence-corrected chi connectivity index (χ0v) is 19.7. The van der Waals surface area contributed by atoms with E-state index in [1.54, 1.807) is 0 Å². The van der Waals surface area contributed by atoms with Crippen LogP contribution in [0.2, 0.25) is 0 Å². The van der Waals surface area contributed by atoms with E-state index in [0.29, 0.717) is 56.4 Å². The van der Waals surface area contributed by atoms with Gasteiger partial charge in [0.2, 0.25) is 11.9 Å². The van der Waals surface area contributed by atoms with Crippen molar-refractivity contribution in [2.24, 2.45) is 0 Å². The van der Waals surface area contributed by atoms with E-state index in [2.05, 4.69) is 51.4 Å². The Balaban J connectivity index is 1.24. The van der Waals surface area contributed by atoms with Gasteiger partial charge in [0, 0.05) is 56.4 Å². The maximum absolute atomic E-state index is 12.6. The number of nitrogens with one attached hydrogen (secondary N) is 2. The minimum atomic E-state index is -0.152. The quantitative estimate of drug-likeness (QED) is 0.666. The second-order valence-corrected chi connectivity index (χ2v) is 9.10. The molecular weight excluding hydrogens is 418 g/mol. The molecule has 8 nitrogen and oxygen atoms in total. The van der Waals surface area contributed by atoms with Crippen molar-refractivity contribution in [3.05, 3.63) is 57.0 Å². The third-order valence-electron chi connectivity index (χ3n) is 6.73. The molecule has 33 heavy (non-hydrogen) atoms. The van der Waals surface area contributed by atoms with E-state index in [1.165, 1.54) is 11.1 Å². The van der Waals surface area contributed by atoms with Gasteiger partial charge >= 0.3 is 0 Å². The van der Waals surface area contributed by atoms with E-state index in [4.69, 9.17) is 4.74 Å². The standard InChI is InChI=1S/C25H35N5O3/c1-18-5-3-4-6-20(18)17-29-11-9-21(10-12-29)27-23(31)8-7-22-19(2)26-25(28-24(22)32)30-13-15-33-16-14-30/h3-6,21H,7-17H2,1-2H3,(H,27,31)(H,26,28,32). The smallest absolute Gasteiger partial charge is 0.255 e. The van der Waals surface area contributed by atoms with Gasteiger partial charge in [0.25, 0.3) is 5.56 Å². The molecule has 1 amide bonds. The lowest BCUT2D eigenvalue weighted by atomic mass is 10.0. The number of likely N-dealkylation sites (tertiary alicyclic amines) is 1. The monoisotopic (exact) mass is 453 g/mol. The first-order valence-electron chi connectivity index (χ1n) is 12.0. The largest absolute Gasteiger partial charge is 0.378 e. The number of hydrogen-bond donors (Lipinski definition) is 2. The lowest BCUT2D eigenvalue weighted by Gasteiger charge is -2.32. The van der Waals surface area contributed by atoms with E-state index in [-0.39, 0.29) is 17.5 Å². The van der Waals surface area contributed by atoms with E-state index in [9.17, 15) is 9.59 Å². The normalized spacial score (nSPS) is 17.8. The van der Waals surface area contributed by atoms with Crippen LogP contribution in [0.1, 0.15) is 41.6 Å². The van der Waals surface area contributed by atoms with Crippen LogP contribution >= 0.6 is 0 Å². The van der Waals surface area contributed by atoms with Gasteiger partial charge in [0.1, 0.15) is 0 Å². The molecule has 1 aromatic heterocycles. The summed E-state index contributed by atoms with van der Waals surface area (Å²) in [7, 11) is 0. The number of aromatic amines is 1. The Kier molecular flexibility index (Phi) is 7.77. The van der Waals surface area contributed by atoms with Crippen LogP contribution in [-0.2, 0) is 22.5 Å². The zero-order valence-electron chi connectivity index (χ0n) is 19.7. The van der Waals surface area contributed by atoms with Crippen molar-refractivity contribution in [3.8, 4) is 0 Å². The van der Waals surface area contributed by atoms with Crippen LogP contribution in [0, 0.1) is 13.8 Å². The number of benzene rings is 1. The Hall–Kier alpha value is -2.71. The Labute approximate surface area is 195 Å². The van der Waals surface area contributed by atoms with E-state index in [1.807, 2.05) is 11.8 Å². The maximum atomic E-state index is 12.6. The average molecular weight is 454 g/mol. The number of H-pyrrole nitrogens is 1. The highest BCUT2D eigenvalue weighted by Crippen LogP contribution is 2.17. The van der Waals surface area contributed by atoms with Crippen LogP contribution in [0.15, 0.2) is 29.1 Å². The summed E-state index contributed by atoms with van der Waals surface area (Å²) in [6, 6.07) is 8.71. The molecule has 2 N–H and O–H groups in total. The highest BCUT2D eigenvalue weighted by molar-refractivity contribution is 5.76. The summed E-state index contributed by atoms with van der Waals surface area (Å²) < 4.78 is 5.36. The Morgan fingerprint density at radius 1 is 1.15 bits per heavy atom. The summed E-state index contributed by atoms with van der Waals surface area (Å²) in [5.74, 6) is 0.592. The number of amides is 1. The summed E-state index contributed by atoms with van der Waals surface area (Å²) in [5, 5.41) is 3.17. The van der Waals surface area contributed by atoms with Crippen molar-refractivity contribution < 1.29 is 9.53 Å². The molecule has 178 valence electrons. The number of aryl methyl sites for hydroxylation is 2. The van der Waals surface area contributed by atoms with Gasteiger partial charge in [-0.2, -0.15) is 0 Å². The van der Waals surface area contributed by atoms with Gasteiger partial charge in [-0.15, -0.1) is 0 Å². The number of morpholine rings is 1. The molecule has 2 saturated heterocycles. The van der Waals surface area contributed by atoms with E-state index >= 15 is 0 Å². The predicted octanol–water partition coefficient (Wildman–Crippen LogP) is 1.94. The Morgan fingerprint density at radius 3 is 2.58 bits per heavy atom. The third-order valence-corrected chi connectivity index (χ3v) is 6.73. The molecular formula is C25H35N5O3. The fourth-order valence-electron chi connectivity index (χ4n) is 4.62. The minimum Gasteiger partial charge on any atom is -0.378 e. The Bertz CT molecular complexity index is 1010. The molecule has 4 rings (SSSR count). The van der Waals surface area contributed by atoms with Gasteiger partial charge in [0.05, 0.1) is 13.2 Å². The number of aromatic nitrogens is 2. The molecule has 0 atom stereocenters. The molecule has 0 unspecified atom stereocenters. The van der Waals surface area contributed by atoms with E-state index in [0.717, 1.165) is 32.5 Å². The van der Waals surface area contributed by atoms with Crippen molar-refractivity contribution in [2.75, 3.05) is 44.3 Å².